The number of pyridine rings is 1. The van der Waals surface area contributed by atoms with Crippen LogP contribution in [0.2, 0.25) is 0 Å². The fraction of sp³-hybridized carbons (Fsp3) is 0.333. The molecule has 0 spiro atoms. The first-order valence-corrected chi connectivity index (χ1v) is 3.78. The van der Waals surface area contributed by atoms with E-state index in [1.54, 1.807) is 6.20 Å². The van der Waals surface area contributed by atoms with Gasteiger partial charge in [-0.05, 0) is 25.5 Å². The average Bonchev–Trinajstić information content (AvgIpc) is 2.06. The number of aliphatic imine (C=N–C) groups is 1. The van der Waals surface area contributed by atoms with Crippen molar-refractivity contribution in [1.29, 1.82) is 0 Å². The molecule has 4 heteroatoms. The fourth-order valence-corrected chi connectivity index (χ4v) is 0.694. The Bertz CT molecular complexity index is 247. The average molecular weight is 275 g/mol. The molecule has 1 aromatic heterocycles. The molecule has 0 aliphatic rings. The van der Waals surface area contributed by atoms with Crippen molar-refractivity contribution in [2.45, 2.75) is 20.3 Å². The van der Waals surface area contributed by atoms with Crippen LogP contribution >= 0.6 is 0 Å². The predicted octanol–water partition coefficient (Wildman–Crippen LogP) is 2.58. The van der Waals surface area contributed by atoms with E-state index >= 15 is 0 Å². The van der Waals surface area contributed by atoms with Crippen molar-refractivity contribution in [2.24, 2.45) is 4.99 Å². The molecule has 0 aromatic carbocycles. The van der Waals surface area contributed by atoms with Crippen LogP contribution in [0.3, 0.4) is 0 Å². The molecule has 0 saturated heterocycles. The van der Waals surface area contributed by atoms with Gasteiger partial charge in [0.05, 0.1) is 0 Å². The summed E-state index contributed by atoms with van der Waals surface area (Å²) in [4.78, 5) is 8.36. The largest absolute Gasteiger partial charge is 2.00 e. The molecule has 13 heavy (non-hydrogen) atoms. The summed E-state index contributed by atoms with van der Waals surface area (Å²) in [5.41, 5.74) is 1.11. The molecule has 76 valence electrons. The van der Waals surface area contributed by atoms with E-state index in [1.165, 1.54) is 0 Å². The van der Waals surface area contributed by atoms with Crippen molar-refractivity contribution in [3.63, 3.8) is 0 Å². The van der Waals surface area contributed by atoms with Crippen LogP contribution in [0.25, 0.3) is 0 Å². The van der Waals surface area contributed by atoms with Crippen molar-refractivity contribution in [3.8, 4) is 0 Å². The van der Waals surface area contributed by atoms with Crippen molar-refractivity contribution >= 4 is 11.5 Å². The Kier molecular flexibility index (Phi) is 9.98. The second-order valence-corrected chi connectivity index (χ2v) is 2.39. The van der Waals surface area contributed by atoms with Gasteiger partial charge < -0.3 is 0 Å². The normalized spacial score (nSPS) is 9.85. The standard InChI is InChI=1S/C9H12N2.2Cu/c1-3-8(2)11-9-6-4-5-7-10-9;;/h4-7H,3H2,1-2H3;;/q;2*+2/b11-8+;;. The zero-order valence-electron chi connectivity index (χ0n) is 7.51. The van der Waals surface area contributed by atoms with Crippen LogP contribution in [0, 0.1) is 0 Å². The van der Waals surface area contributed by atoms with Gasteiger partial charge in [0.25, 0.3) is 0 Å². The molecule has 1 rings (SSSR count). The number of hydrogen-bond donors (Lipinski definition) is 0. The summed E-state index contributed by atoms with van der Waals surface area (Å²) in [5, 5.41) is 0. The predicted molar refractivity (Wildman–Crippen MR) is 47.3 cm³/mol. The fourth-order valence-electron chi connectivity index (χ4n) is 0.694. The summed E-state index contributed by atoms with van der Waals surface area (Å²) < 4.78 is 0. The summed E-state index contributed by atoms with van der Waals surface area (Å²) in [5.74, 6) is 0.798. The van der Waals surface area contributed by atoms with Gasteiger partial charge in [0.2, 0.25) is 0 Å². The number of aromatic nitrogens is 1. The molecule has 0 bridgehead atoms. The summed E-state index contributed by atoms with van der Waals surface area (Å²) >= 11 is 0. The van der Waals surface area contributed by atoms with Gasteiger partial charge in [-0.2, -0.15) is 0 Å². The van der Waals surface area contributed by atoms with E-state index < -0.39 is 0 Å². The molecule has 0 aliphatic carbocycles. The molecule has 1 heterocycles. The van der Waals surface area contributed by atoms with Gasteiger partial charge >= 0.3 is 34.1 Å². The zero-order chi connectivity index (χ0) is 8.10. The minimum absolute atomic E-state index is 0. The van der Waals surface area contributed by atoms with E-state index in [4.69, 9.17) is 0 Å². The summed E-state index contributed by atoms with van der Waals surface area (Å²) in [7, 11) is 0. The van der Waals surface area contributed by atoms with Crippen molar-refractivity contribution in [3.05, 3.63) is 24.4 Å². The van der Waals surface area contributed by atoms with Gasteiger partial charge in [-0.25, -0.2) is 9.98 Å². The van der Waals surface area contributed by atoms with E-state index in [-0.39, 0.29) is 34.1 Å². The maximum Gasteiger partial charge on any atom is 2.00 e. The van der Waals surface area contributed by atoms with Gasteiger partial charge in [0.15, 0.2) is 5.82 Å². The first-order chi connectivity index (χ1) is 5.33. The van der Waals surface area contributed by atoms with Crippen LogP contribution in [0.5, 0.6) is 0 Å². The van der Waals surface area contributed by atoms with Crippen molar-refractivity contribution in [2.75, 3.05) is 0 Å². The molecule has 0 fully saturated rings. The molecular weight excluding hydrogens is 263 g/mol. The van der Waals surface area contributed by atoms with Crippen molar-refractivity contribution < 1.29 is 34.1 Å². The molecule has 1 aromatic rings. The maximum absolute atomic E-state index is 4.28. The summed E-state index contributed by atoms with van der Waals surface area (Å²) in [6.07, 6.45) is 2.73. The Hall–Kier alpha value is -0.141. The Morgan fingerprint density at radius 1 is 1.38 bits per heavy atom. The minimum atomic E-state index is 0. The van der Waals surface area contributed by atoms with Crippen molar-refractivity contribution in [1.82, 2.24) is 4.98 Å². The van der Waals surface area contributed by atoms with E-state index in [1.807, 2.05) is 25.1 Å². The molecule has 0 aliphatic heterocycles. The van der Waals surface area contributed by atoms with Crippen LogP contribution in [0.15, 0.2) is 29.4 Å². The van der Waals surface area contributed by atoms with Gasteiger partial charge in [-0.15, -0.1) is 0 Å². The smallest absolute Gasteiger partial charge is 0.238 e. The maximum atomic E-state index is 4.28. The van der Waals surface area contributed by atoms with E-state index in [9.17, 15) is 0 Å². The number of nitrogens with zero attached hydrogens (tertiary/aromatic N) is 2. The monoisotopic (exact) mass is 274 g/mol. The zero-order valence-corrected chi connectivity index (χ0v) is 9.40. The van der Waals surface area contributed by atoms with Crippen LogP contribution in [0.4, 0.5) is 5.82 Å². The molecule has 2 radical (unpaired) electrons. The van der Waals surface area contributed by atoms with Gasteiger partial charge in [0, 0.05) is 11.9 Å². The van der Waals surface area contributed by atoms with Crippen LogP contribution < -0.4 is 0 Å². The summed E-state index contributed by atoms with van der Waals surface area (Å²) in [6, 6.07) is 5.73. The van der Waals surface area contributed by atoms with E-state index in [0.717, 1.165) is 18.0 Å². The SMILES string of the molecule is CC/C(C)=N/c1ccccn1.[Cu+2].[Cu+2]. The molecular formula is C9H12Cu2N2+4. The first-order valence-electron chi connectivity index (χ1n) is 3.78. The minimum Gasteiger partial charge on any atom is -0.238 e. The summed E-state index contributed by atoms with van der Waals surface area (Å²) in [6.45, 7) is 4.09. The molecule has 0 amide bonds. The topological polar surface area (TPSA) is 25.2 Å². The third-order valence-corrected chi connectivity index (χ3v) is 1.47. The molecule has 0 N–H and O–H groups in total. The number of hydrogen-bond acceptors (Lipinski definition) is 2. The van der Waals surface area contributed by atoms with Gasteiger partial charge in [-0.1, -0.05) is 13.0 Å². The quantitative estimate of drug-likeness (QED) is 0.601. The third kappa shape index (κ3) is 6.00. The van der Waals surface area contributed by atoms with E-state index in [0.29, 0.717) is 0 Å². The first kappa shape index (κ1) is 15.3. The van der Waals surface area contributed by atoms with Crippen LogP contribution in [-0.2, 0) is 34.1 Å². The Labute approximate surface area is 100 Å². The van der Waals surface area contributed by atoms with Crippen LogP contribution in [0.1, 0.15) is 20.3 Å². The van der Waals surface area contributed by atoms with E-state index in [2.05, 4.69) is 16.9 Å². The molecule has 2 nitrogen and oxygen atoms in total. The Morgan fingerprint density at radius 3 is 2.54 bits per heavy atom. The third-order valence-electron chi connectivity index (χ3n) is 1.47. The Balaban J connectivity index is 0. The van der Waals surface area contributed by atoms with Gasteiger partial charge in [-0.3, -0.25) is 0 Å². The Morgan fingerprint density at radius 2 is 2.08 bits per heavy atom. The molecule has 0 saturated carbocycles. The van der Waals surface area contributed by atoms with Crippen LogP contribution in [-0.4, -0.2) is 10.7 Å². The second kappa shape index (κ2) is 8.46. The molecule has 0 unspecified atom stereocenters. The molecule has 0 atom stereocenters. The van der Waals surface area contributed by atoms with Gasteiger partial charge in [0.1, 0.15) is 0 Å². The number of rotatable bonds is 2. The second-order valence-electron chi connectivity index (χ2n) is 2.39.